The first-order valence-electron chi connectivity index (χ1n) is 19.8. The molecule has 0 fully saturated rings. The summed E-state index contributed by atoms with van der Waals surface area (Å²) < 4.78 is 0. The fraction of sp³-hybridized carbons (Fsp3) is 0.951. The normalized spacial score (nSPS) is 12.4. The molecule has 246 valence electrons. The van der Waals surface area contributed by atoms with E-state index in [0.29, 0.717) is 0 Å². The molecule has 0 aromatic heterocycles. The van der Waals surface area contributed by atoms with E-state index in [9.17, 15) is 0 Å². The van der Waals surface area contributed by atoms with Gasteiger partial charge in [0, 0.05) is 0 Å². The van der Waals surface area contributed by atoms with Crippen LogP contribution in [-0.4, -0.2) is 0 Å². The fourth-order valence-corrected chi connectivity index (χ4v) is 6.94. The minimum absolute atomic E-state index is 0.913. The fourth-order valence-electron chi connectivity index (χ4n) is 6.94. The van der Waals surface area contributed by atoms with Crippen molar-refractivity contribution in [2.75, 3.05) is 0 Å². The highest BCUT2D eigenvalue weighted by molar-refractivity contribution is 4.95. The average Bonchev–Trinajstić information content (AvgIpc) is 2.97. The number of allylic oxidation sites excluding steroid dienone is 1. The van der Waals surface area contributed by atoms with E-state index in [4.69, 9.17) is 0 Å². The molecule has 0 aliphatic rings. The Bertz CT molecular complexity index is 474. The number of rotatable bonds is 35. The zero-order valence-electron chi connectivity index (χ0n) is 29.7. The van der Waals surface area contributed by atoms with Gasteiger partial charge >= 0.3 is 0 Å². The van der Waals surface area contributed by atoms with Crippen LogP contribution in [0.15, 0.2) is 12.2 Å². The monoisotopic (exact) mass is 575 g/mol. The van der Waals surface area contributed by atoms with Crippen LogP contribution in [0.5, 0.6) is 0 Å². The third-order valence-corrected chi connectivity index (χ3v) is 9.83. The summed E-state index contributed by atoms with van der Waals surface area (Å²) in [6.45, 7) is 13.9. The zero-order chi connectivity index (χ0) is 30.1. The highest BCUT2D eigenvalue weighted by Gasteiger charge is 2.11. The maximum atomic E-state index is 4.57. The van der Waals surface area contributed by atoms with Gasteiger partial charge in [-0.15, -0.1) is 0 Å². The van der Waals surface area contributed by atoms with Crippen molar-refractivity contribution in [2.24, 2.45) is 11.8 Å². The van der Waals surface area contributed by atoms with Crippen molar-refractivity contribution < 1.29 is 0 Å². The molecule has 0 radical (unpaired) electrons. The Morgan fingerprint density at radius 2 is 0.634 bits per heavy atom. The third-order valence-electron chi connectivity index (χ3n) is 9.83. The van der Waals surface area contributed by atoms with Gasteiger partial charge in [0.1, 0.15) is 0 Å². The molecule has 0 nitrogen and oxygen atoms in total. The highest BCUT2D eigenvalue weighted by Crippen LogP contribution is 2.28. The summed E-state index contributed by atoms with van der Waals surface area (Å²) in [7, 11) is 0. The molecular weight excluding hydrogens is 492 g/mol. The van der Waals surface area contributed by atoms with Crippen LogP contribution in [-0.2, 0) is 0 Å². The largest absolute Gasteiger partial charge is 0.0999 e. The second kappa shape index (κ2) is 34.2. The maximum absolute atomic E-state index is 4.57. The van der Waals surface area contributed by atoms with Gasteiger partial charge in [0.15, 0.2) is 0 Å². The van der Waals surface area contributed by atoms with E-state index in [1.54, 1.807) is 5.57 Å². The molecule has 0 heteroatoms. The van der Waals surface area contributed by atoms with Crippen molar-refractivity contribution in [1.82, 2.24) is 0 Å². The molecule has 1 unspecified atom stereocenters. The van der Waals surface area contributed by atoms with Crippen LogP contribution in [0, 0.1) is 11.8 Å². The molecule has 0 aliphatic carbocycles. The Hall–Kier alpha value is -0.260. The van der Waals surface area contributed by atoms with E-state index in [1.807, 2.05) is 0 Å². The van der Waals surface area contributed by atoms with Gasteiger partial charge in [-0.05, 0) is 31.1 Å². The number of hydrogen-bond donors (Lipinski definition) is 0. The van der Waals surface area contributed by atoms with E-state index < -0.39 is 0 Å². The molecule has 0 aliphatic heterocycles. The first kappa shape index (κ1) is 40.7. The van der Waals surface area contributed by atoms with Crippen LogP contribution >= 0.6 is 0 Å². The topological polar surface area (TPSA) is 0 Å². The Morgan fingerprint density at radius 1 is 0.341 bits per heavy atom. The minimum atomic E-state index is 0.913. The van der Waals surface area contributed by atoms with Gasteiger partial charge in [0.05, 0.1) is 0 Å². The zero-order valence-corrected chi connectivity index (χ0v) is 29.7. The van der Waals surface area contributed by atoms with Crippen molar-refractivity contribution in [3.63, 3.8) is 0 Å². The lowest BCUT2D eigenvalue weighted by atomic mass is 9.87. The van der Waals surface area contributed by atoms with Crippen LogP contribution in [0.3, 0.4) is 0 Å². The van der Waals surface area contributed by atoms with Crippen LogP contribution < -0.4 is 0 Å². The summed E-state index contributed by atoms with van der Waals surface area (Å²) in [5, 5.41) is 0. The molecule has 1 atom stereocenters. The van der Waals surface area contributed by atoms with Gasteiger partial charge in [0.25, 0.3) is 0 Å². The highest BCUT2D eigenvalue weighted by atomic mass is 14.2. The Morgan fingerprint density at radius 3 is 1.02 bits per heavy atom. The predicted molar refractivity (Wildman–Crippen MR) is 191 cm³/mol. The van der Waals surface area contributed by atoms with Gasteiger partial charge in [-0.3, -0.25) is 0 Å². The lowest BCUT2D eigenvalue weighted by Gasteiger charge is -2.19. The van der Waals surface area contributed by atoms with E-state index >= 15 is 0 Å². The smallest absolute Gasteiger partial charge is 0.0294 e. The Kier molecular flexibility index (Phi) is 34.0. The summed E-state index contributed by atoms with van der Waals surface area (Å²) in [6, 6.07) is 0. The average molecular weight is 575 g/mol. The molecule has 0 aromatic rings. The summed E-state index contributed by atoms with van der Waals surface area (Å²) >= 11 is 0. The van der Waals surface area contributed by atoms with Crippen molar-refractivity contribution in [3.05, 3.63) is 12.2 Å². The maximum Gasteiger partial charge on any atom is -0.0294 e. The predicted octanol–water partition coefficient (Wildman–Crippen LogP) is 15.7. The molecular formula is C41H82. The molecule has 0 spiro atoms. The summed E-state index contributed by atoms with van der Waals surface area (Å²) in [4.78, 5) is 0. The van der Waals surface area contributed by atoms with E-state index in [2.05, 4.69) is 34.3 Å². The first-order valence-corrected chi connectivity index (χ1v) is 19.8. The van der Waals surface area contributed by atoms with Gasteiger partial charge in [-0.1, -0.05) is 232 Å². The third kappa shape index (κ3) is 31.0. The molecule has 41 heavy (non-hydrogen) atoms. The second-order valence-corrected chi connectivity index (χ2v) is 14.2. The van der Waals surface area contributed by atoms with Crippen LogP contribution in [0.2, 0.25) is 0 Å². The molecule has 0 bridgehead atoms. The standard InChI is InChI=1S/C41H82/c1-6-10-14-17-20-25-28-34-40(33-13-9-4)35-29-26-21-22-27-32-39(5)38-41(36-30-23-18-15-11-7-2)37-31-24-19-16-12-8-3/h40-41H,5-38H2,1-4H3. The Balaban J connectivity index is 4.09. The molecule has 0 aromatic carbocycles. The van der Waals surface area contributed by atoms with Gasteiger partial charge < -0.3 is 0 Å². The molecule has 0 saturated carbocycles. The van der Waals surface area contributed by atoms with E-state index in [1.165, 1.54) is 212 Å². The van der Waals surface area contributed by atoms with Crippen molar-refractivity contribution >= 4 is 0 Å². The van der Waals surface area contributed by atoms with Crippen molar-refractivity contribution in [3.8, 4) is 0 Å². The van der Waals surface area contributed by atoms with Crippen LogP contribution in [0.4, 0.5) is 0 Å². The second-order valence-electron chi connectivity index (χ2n) is 14.2. The summed E-state index contributed by atoms with van der Waals surface area (Å²) in [6.07, 6.45) is 47.4. The van der Waals surface area contributed by atoms with Gasteiger partial charge in [0.2, 0.25) is 0 Å². The number of unbranched alkanes of at least 4 members (excludes halogenated alkanes) is 21. The quantitative estimate of drug-likeness (QED) is 0.0521. The van der Waals surface area contributed by atoms with Crippen LogP contribution in [0.25, 0.3) is 0 Å². The van der Waals surface area contributed by atoms with Gasteiger partial charge in [-0.25, -0.2) is 0 Å². The van der Waals surface area contributed by atoms with Crippen molar-refractivity contribution in [2.45, 2.75) is 240 Å². The molecule has 0 heterocycles. The molecule has 0 rings (SSSR count). The lowest BCUT2D eigenvalue weighted by Crippen LogP contribution is -2.03. The Labute approximate surface area is 263 Å². The first-order chi connectivity index (χ1) is 20.2. The van der Waals surface area contributed by atoms with Crippen LogP contribution in [0.1, 0.15) is 240 Å². The van der Waals surface area contributed by atoms with Gasteiger partial charge in [-0.2, -0.15) is 0 Å². The minimum Gasteiger partial charge on any atom is -0.0999 e. The van der Waals surface area contributed by atoms with Crippen molar-refractivity contribution in [1.29, 1.82) is 0 Å². The number of hydrogen-bond acceptors (Lipinski definition) is 0. The lowest BCUT2D eigenvalue weighted by molar-refractivity contribution is 0.370. The summed E-state index contributed by atoms with van der Waals surface area (Å²) in [5.74, 6) is 1.93. The van der Waals surface area contributed by atoms with E-state index in [0.717, 1.165) is 11.8 Å². The molecule has 0 amide bonds. The molecule has 0 N–H and O–H groups in total. The summed E-state index contributed by atoms with van der Waals surface area (Å²) in [5.41, 5.74) is 1.57. The van der Waals surface area contributed by atoms with E-state index in [-0.39, 0.29) is 0 Å². The SMILES string of the molecule is C=C(CCCCCCCC(CCCC)CCCCCCCCC)CC(CCCCCCCC)CCCCCCCC. The molecule has 0 saturated heterocycles.